The number of hydrogen-bond donors (Lipinski definition) is 1. The van der Waals surface area contributed by atoms with Crippen LogP contribution in [0.5, 0.6) is 0 Å². The lowest BCUT2D eigenvalue weighted by Crippen LogP contribution is -2.17. The van der Waals surface area contributed by atoms with Crippen LogP contribution in [-0.4, -0.2) is 16.1 Å². The van der Waals surface area contributed by atoms with Crippen LogP contribution in [0.25, 0.3) is 0 Å². The van der Waals surface area contributed by atoms with Gasteiger partial charge in [0.1, 0.15) is 0 Å². The highest BCUT2D eigenvalue weighted by molar-refractivity contribution is 7.05. The molecule has 0 bridgehead atoms. The fraction of sp³-hybridized carbons (Fsp3) is 0.750. The molecule has 1 N–H and O–H groups in total. The van der Waals surface area contributed by atoms with E-state index < -0.39 is 0 Å². The molecule has 3 nitrogen and oxygen atoms in total. The van der Waals surface area contributed by atoms with E-state index in [-0.39, 0.29) is 0 Å². The van der Waals surface area contributed by atoms with Gasteiger partial charge >= 0.3 is 0 Å². The Hall–Kier alpha value is -0.480. The molecule has 0 aliphatic heterocycles. The summed E-state index contributed by atoms with van der Waals surface area (Å²) in [6, 6.07) is 0.393. The molecule has 1 aromatic rings. The second kappa shape index (κ2) is 4.52. The number of rotatable bonds is 4. The fourth-order valence-electron chi connectivity index (χ4n) is 1.19. The summed E-state index contributed by atoms with van der Waals surface area (Å²) in [6.45, 7) is 7.36. The third kappa shape index (κ3) is 2.01. The second-order valence-corrected chi connectivity index (χ2v) is 3.50. The zero-order chi connectivity index (χ0) is 8.97. The van der Waals surface area contributed by atoms with Gasteiger partial charge in [-0.3, -0.25) is 0 Å². The van der Waals surface area contributed by atoms with Gasteiger partial charge in [0.15, 0.2) is 0 Å². The predicted molar refractivity (Wildman–Crippen MR) is 51.4 cm³/mol. The van der Waals surface area contributed by atoms with Gasteiger partial charge in [0.25, 0.3) is 0 Å². The van der Waals surface area contributed by atoms with Crippen LogP contribution in [0, 0.1) is 0 Å². The molecule has 0 amide bonds. The van der Waals surface area contributed by atoms with E-state index in [4.69, 9.17) is 0 Å². The molecule has 0 aliphatic rings. The highest BCUT2D eigenvalue weighted by Gasteiger charge is 2.11. The van der Waals surface area contributed by atoms with Crippen molar-refractivity contribution in [3.05, 3.63) is 10.6 Å². The molecule has 0 saturated carbocycles. The maximum Gasteiger partial charge on any atom is 0.0800 e. The highest BCUT2D eigenvalue weighted by Crippen LogP contribution is 2.19. The molecule has 0 fully saturated rings. The summed E-state index contributed by atoms with van der Waals surface area (Å²) in [4.78, 5) is 1.28. The molecule has 0 aromatic carbocycles. The van der Waals surface area contributed by atoms with Gasteiger partial charge in [0.05, 0.1) is 10.6 Å². The molecule has 68 valence electrons. The lowest BCUT2D eigenvalue weighted by atomic mass is 10.2. The van der Waals surface area contributed by atoms with Crippen molar-refractivity contribution in [3.8, 4) is 0 Å². The Bertz CT molecular complexity index is 234. The van der Waals surface area contributed by atoms with Crippen molar-refractivity contribution in [1.82, 2.24) is 14.9 Å². The molecular weight excluding hydrogens is 170 g/mol. The number of aryl methyl sites for hydroxylation is 1. The fourth-order valence-corrected chi connectivity index (χ4v) is 1.95. The van der Waals surface area contributed by atoms with Gasteiger partial charge in [-0.05, 0) is 31.4 Å². The molecule has 1 rings (SSSR count). The maximum absolute atomic E-state index is 4.07. The zero-order valence-electron chi connectivity index (χ0n) is 7.79. The average Bonchev–Trinajstić information content (AvgIpc) is 2.51. The standard InChI is InChI=1S/C8H15N3S/c1-4-7-8(12-11-10-7)6(3)9-5-2/h6,9H,4-5H2,1-3H3. The molecule has 0 spiro atoms. The predicted octanol–water partition coefficient (Wildman–Crippen LogP) is 1.77. The SMILES string of the molecule is CCNC(C)c1snnc1CC. The van der Waals surface area contributed by atoms with E-state index in [1.165, 1.54) is 16.4 Å². The molecule has 1 aromatic heterocycles. The Morgan fingerprint density at radius 2 is 2.25 bits per heavy atom. The van der Waals surface area contributed by atoms with Crippen LogP contribution < -0.4 is 5.32 Å². The lowest BCUT2D eigenvalue weighted by Gasteiger charge is -2.09. The number of aromatic nitrogens is 2. The largest absolute Gasteiger partial charge is 0.310 e. The Balaban J connectivity index is 2.71. The van der Waals surface area contributed by atoms with Crippen LogP contribution in [0.4, 0.5) is 0 Å². The Kier molecular flexibility index (Phi) is 3.62. The van der Waals surface area contributed by atoms with Crippen molar-refractivity contribution >= 4 is 11.5 Å². The summed E-state index contributed by atoms with van der Waals surface area (Å²) in [6.07, 6.45) is 0.974. The average molecular weight is 185 g/mol. The van der Waals surface area contributed by atoms with Crippen molar-refractivity contribution in [2.75, 3.05) is 6.54 Å². The summed E-state index contributed by atoms with van der Waals surface area (Å²) in [5.74, 6) is 0. The second-order valence-electron chi connectivity index (χ2n) is 2.72. The molecule has 0 radical (unpaired) electrons. The lowest BCUT2D eigenvalue weighted by molar-refractivity contribution is 0.601. The van der Waals surface area contributed by atoms with Gasteiger partial charge in [0.2, 0.25) is 0 Å². The smallest absolute Gasteiger partial charge is 0.0800 e. The van der Waals surface area contributed by atoms with Crippen LogP contribution in [0.3, 0.4) is 0 Å². The van der Waals surface area contributed by atoms with Crippen molar-refractivity contribution < 1.29 is 0 Å². The normalized spacial score (nSPS) is 13.2. The number of hydrogen-bond acceptors (Lipinski definition) is 4. The van der Waals surface area contributed by atoms with Gasteiger partial charge in [-0.2, -0.15) is 0 Å². The van der Waals surface area contributed by atoms with Crippen molar-refractivity contribution in [2.24, 2.45) is 0 Å². The number of nitrogens with one attached hydrogen (secondary N) is 1. The van der Waals surface area contributed by atoms with Gasteiger partial charge in [-0.15, -0.1) is 5.10 Å². The molecule has 1 unspecified atom stereocenters. The van der Waals surface area contributed by atoms with E-state index in [9.17, 15) is 0 Å². The zero-order valence-corrected chi connectivity index (χ0v) is 8.61. The Labute approximate surface area is 77.4 Å². The van der Waals surface area contributed by atoms with Crippen molar-refractivity contribution in [3.63, 3.8) is 0 Å². The van der Waals surface area contributed by atoms with E-state index in [1.807, 2.05) is 0 Å². The monoisotopic (exact) mass is 185 g/mol. The van der Waals surface area contributed by atoms with Crippen LogP contribution in [-0.2, 0) is 6.42 Å². The highest BCUT2D eigenvalue weighted by atomic mass is 32.1. The van der Waals surface area contributed by atoms with Crippen LogP contribution >= 0.6 is 11.5 Å². The molecule has 0 aliphatic carbocycles. The van der Waals surface area contributed by atoms with Gasteiger partial charge < -0.3 is 5.32 Å². The first kappa shape index (κ1) is 9.61. The molecule has 12 heavy (non-hydrogen) atoms. The topological polar surface area (TPSA) is 37.8 Å². The van der Waals surface area contributed by atoms with E-state index in [0.717, 1.165) is 18.7 Å². The van der Waals surface area contributed by atoms with E-state index in [1.54, 1.807) is 0 Å². The molecule has 1 atom stereocenters. The maximum atomic E-state index is 4.07. The van der Waals surface area contributed by atoms with Gasteiger partial charge in [0, 0.05) is 6.04 Å². The minimum absolute atomic E-state index is 0.393. The third-order valence-corrected chi connectivity index (χ3v) is 2.77. The summed E-state index contributed by atoms with van der Waals surface area (Å²) < 4.78 is 3.95. The molecule has 0 saturated heterocycles. The minimum atomic E-state index is 0.393. The summed E-state index contributed by atoms with van der Waals surface area (Å²) in [5, 5.41) is 7.42. The van der Waals surface area contributed by atoms with Crippen LogP contribution in [0.15, 0.2) is 0 Å². The Morgan fingerprint density at radius 3 is 2.83 bits per heavy atom. The molecule has 1 heterocycles. The van der Waals surface area contributed by atoms with Gasteiger partial charge in [-0.25, -0.2) is 0 Å². The first-order chi connectivity index (χ1) is 5.79. The summed E-state index contributed by atoms with van der Waals surface area (Å²) in [7, 11) is 0. The van der Waals surface area contributed by atoms with E-state index in [0.29, 0.717) is 6.04 Å². The molecular formula is C8H15N3S. The van der Waals surface area contributed by atoms with E-state index in [2.05, 4.69) is 35.7 Å². The van der Waals surface area contributed by atoms with Crippen molar-refractivity contribution in [2.45, 2.75) is 33.2 Å². The molecule has 4 heteroatoms. The third-order valence-electron chi connectivity index (χ3n) is 1.82. The quantitative estimate of drug-likeness (QED) is 0.777. The first-order valence-electron chi connectivity index (χ1n) is 4.34. The summed E-state index contributed by atoms with van der Waals surface area (Å²) >= 11 is 1.50. The minimum Gasteiger partial charge on any atom is -0.310 e. The first-order valence-corrected chi connectivity index (χ1v) is 5.11. The van der Waals surface area contributed by atoms with E-state index >= 15 is 0 Å². The van der Waals surface area contributed by atoms with Crippen LogP contribution in [0.1, 0.15) is 37.4 Å². The summed E-state index contributed by atoms with van der Waals surface area (Å²) in [5.41, 5.74) is 1.13. The number of nitrogens with zero attached hydrogens (tertiary/aromatic N) is 2. The van der Waals surface area contributed by atoms with Crippen LogP contribution in [0.2, 0.25) is 0 Å². The van der Waals surface area contributed by atoms with Crippen molar-refractivity contribution in [1.29, 1.82) is 0 Å². The van der Waals surface area contributed by atoms with Gasteiger partial charge in [-0.1, -0.05) is 18.3 Å². The Morgan fingerprint density at radius 1 is 1.50 bits per heavy atom.